The van der Waals surface area contributed by atoms with E-state index in [-0.39, 0.29) is 11.8 Å². The quantitative estimate of drug-likeness (QED) is 0.614. The Morgan fingerprint density at radius 2 is 1.63 bits per heavy atom. The van der Waals surface area contributed by atoms with Gasteiger partial charge in [0.15, 0.2) is 0 Å². The summed E-state index contributed by atoms with van der Waals surface area (Å²) in [6.45, 7) is 5.85. The van der Waals surface area contributed by atoms with Crippen LogP contribution in [0.4, 0.5) is 11.4 Å². The largest absolute Gasteiger partial charge is 0.487 e. The maximum absolute atomic E-state index is 12.7. The van der Waals surface area contributed by atoms with Gasteiger partial charge in [0.25, 0.3) is 5.91 Å². The van der Waals surface area contributed by atoms with Crippen LogP contribution in [0.1, 0.15) is 36.8 Å². The summed E-state index contributed by atoms with van der Waals surface area (Å²) in [4.78, 5) is 29.1. The van der Waals surface area contributed by atoms with Crippen LogP contribution in [0.5, 0.6) is 5.75 Å². The van der Waals surface area contributed by atoms with Gasteiger partial charge in [-0.1, -0.05) is 39.0 Å². The summed E-state index contributed by atoms with van der Waals surface area (Å²) in [5.41, 5.74) is 1.94. The lowest BCUT2D eigenvalue weighted by Crippen LogP contribution is -2.27. The maximum atomic E-state index is 12.7. The van der Waals surface area contributed by atoms with E-state index in [9.17, 15) is 9.59 Å². The SMILES string of the molecule is CC(C)(C)C(=O)Nc1cccc(C(=O)Nc2cccc(OCc3ccccn3)c2)c1. The normalized spacial score (nSPS) is 10.9. The Morgan fingerprint density at radius 3 is 2.33 bits per heavy atom. The van der Waals surface area contributed by atoms with Crippen molar-refractivity contribution in [1.29, 1.82) is 0 Å². The van der Waals surface area contributed by atoms with Crippen molar-refractivity contribution in [3.05, 3.63) is 84.2 Å². The number of amides is 2. The molecule has 0 saturated heterocycles. The van der Waals surface area contributed by atoms with E-state index in [4.69, 9.17) is 4.74 Å². The fraction of sp³-hybridized carbons (Fsp3) is 0.208. The van der Waals surface area contributed by atoms with Crippen LogP contribution in [-0.2, 0) is 11.4 Å². The second-order valence-electron chi connectivity index (χ2n) is 7.88. The minimum Gasteiger partial charge on any atom is -0.487 e. The van der Waals surface area contributed by atoms with E-state index in [0.717, 1.165) is 5.69 Å². The summed E-state index contributed by atoms with van der Waals surface area (Å²) in [6.07, 6.45) is 1.72. The molecule has 0 unspecified atom stereocenters. The van der Waals surface area contributed by atoms with Gasteiger partial charge in [-0.25, -0.2) is 0 Å². The Labute approximate surface area is 176 Å². The molecule has 0 atom stereocenters. The van der Waals surface area contributed by atoms with Crippen LogP contribution in [0.2, 0.25) is 0 Å². The first-order valence-electron chi connectivity index (χ1n) is 9.67. The second-order valence-corrected chi connectivity index (χ2v) is 7.88. The average molecular weight is 403 g/mol. The third-order valence-corrected chi connectivity index (χ3v) is 4.27. The van der Waals surface area contributed by atoms with Crippen LogP contribution in [-0.4, -0.2) is 16.8 Å². The fourth-order valence-electron chi connectivity index (χ4n) is 2.56. The molecule has 0 radical (unpaired) electrons. The van der Waals surface area contributed by atoms with E-state index in [2.05, 4.69) is 15.6 Å². The predicted octanol–water partition coefficient (Wildman–Crippen LogP) is 4.90. The molecule has 1 heterocycles. The highest BCUT2D eigenvalue weighted by molar-refractivity contribution is 6.05. The molecule has 3 rings (SSSR count). The first kappa shape index (κ1) is 21.0. The van der Waals surface area contributed by atoms with Gasteiger partial charge in [-0.15, -0.1) is 0 Å². The van der Waals surface area contributed by atoms with Crippen LogP contribution in [0.15, 0.2) is 72.9 Å². The third-order valence-electron chi connectivity index (χ3n) is 4.27. The average Bonchev–Trinajstić information content (AvgIpc) is 2.73. The number of anilines is 2. The Balaban J connectivity index is 1.64. The van der Waals surface area contributed by atoms with Gasteiger partial charge >= 0.3 is 0 Å². The molecule has 0 aliphatic carbocycles. The number of nitrogens with zero attached hydrogens (tertiary/aromatic N) is 1. The zero-order valence-corrected chi connectivity index (χ0v) is 17.3. The van der Waals surface area contributed by atoms with E-state index in [1.807, 2.05) is 51.1 Å². The number of pyridine rings is 1. The molecule has 2 amide bonds. The van der Waals surface area contributed by atoms with Gasteiger partial charge in [-0.05, 0) is 42.5 Å². The molecule has 30 heavy (non-hydrogen) atoms. The third kappa shape index (κ3) is 5.91. The van der Waals surface area contributed by atoms with Crippen LogP contribution < -0.4 is 15.4 Å². The molecular formula is C24H25N3O3. The number of carbonyl (C=O) groups is 2. The molecule has 0 fully saturated rings. The molecule has 0 aliphatic heterocycles. The summed E-state index contributed by atoms with van der Waals surface area (Å²) >= 11 is 0. The number of aromatic nitrogens is 1. The minimum absolute atomic E-state index is 0.113. The van der Waals surface area contributed by atoms with Crippen LogP contribution >= 0.6 is 0 Å². The maximum Gasteiger partial charge on any atom is 0.255 e. The van der Waals surface area contributed by atoms with Crippen molar-refractivity contribution in [3.8, 4) is 5.75 Å². The molecule has 0 bridgehead atoms. The number of benzene rings is 2. The highest BCUT2D eigenvalue weighted by atomic mass is 16.5. The lowest BCUT2D eigenvalue weighted by molar-refractivity contribution is -0.123. The van der Waals surface area contributed by atoms with Crippen LogP contribution in [0, 0.1) is 5.41 Å². The van der Waals surface area contributed by atoms with Crippen molar-refractivity contribution in [2.75, 3.05) is 10.6 Å². The van der Waals surface area contributed by atoms with Crippen molar-refractivity contribution in [1.82, 2.24) is 4.98 Å². The van der Waals surface area contributed by atoms with E-state index >= 15 is 0 Å². The lowest BCUT2D eigenvalue weighted by Gasteiger charge is -2.18. The van der Waals surface area contributed by atoms with Gasteiger partial charge in [0.1, 0.15) is 12.4 Å². The highest BCUT2D eigenvalue weighted by Gasteiger charge is 2.21. The number of hydrogen-bond donors (Lipinski definition) is 2. The predicted molar refractivity (Wildman–Crippen MR) is 117 cm³/mol. The highest BCUT2D eigenvalue weighted by Crippen LogP contribution is 2.21. The molecule has 0 spiro atoms. The Bertz CT molecular complexity index is 1030. The summed E-state index contributed by atoms with van der Waals surface area (Å²) in [6, 6.07) is 19.7. The smallest absolute Gasteiger partial charge is 0.255 e. The van der Waals surface area contributed by atoms with Crippen molar-refractivity contribution in [2.45, 2.75) is 27.4 Å². The zero-order valence-electron chi connectivity index (χ0n) is 17.3. The number of nitrogens with one attached hydrogen (secondary N) is 2. The van der Waals surface area contributed by atoms with Crippen molar-refractivity contribution >= 4 is 23.2 Å². The van der Waals surface area contributed by atoms with E-state index in [1.54, 1.807) is 42.6 Å². The number of rotatable bonds is 6. The van der Waals surface area contributed by atoms with Crippen molar-refractivity contribution in [2.24, 2.45) is 5.41 Å². The molecule has 6 heteroatoms. The Morgan fingerprint density at radius 1 is 0.900 bits per heavy atom. The van der Waals surface area contributed by atoms with Crippen LogP contribution in [0.3, 0.4) is 0 Å². The number of carbonyl (C=O) groups excluding carboxylic acids is 2. The molecule has 1 aromatic heterocycles. The monoisotopic (exact) mass is 403 g/mol. The van der Waals surface area contributed by atoms with Crippen molar-refractivity contribution in [3.63, 3.8) is 0 Å². The molecule has 0 saturated carbocycles. The first-order valence-corrected chi connectivity index (χ1v) is 9.67. The molecule has 6 nitrogen and oxygen atoms in total. The summed E-state index contributed by atoms with van der Waals surface area (Å²) < 4.78 is 5.75. The first-order chi connectivity index (χ1) is 14.3. The molecule has 154 valence electrons. The van der Waals surface area contributed by atoms with Gasteiger partial charge in [-0.3, -0.25) is 14.6 Å². The summed E-state index contributed by atoms with van der Waals surface area (Å²) in [7, 11) is 0. The lowest BCUT2D eigenvalue weighted by atomic mass is 9.95. The molecular weight excluding hydrogens is 378 g/mol. The van der Waals surface area contributed by atoms with Crippen LogP contribution in [0.25, 0.3) is 0 Å². The van der Waals surface area contributed by atoms with Gasteiger partial charge in [0.2, 0.25) is 5.91 Å². The van der Waals surface area contributed by atoms with E-state index in [1.165, 1.54) is 0 Å². The van der Waals surface area contributed by atoms with Crippen molar-refractivity contribution < 1.29 is 14.3 Å². The molecule has 2 aromatic carbocycles. The Hall–Kier alpha value is -3.67. The van der Waals surface area contributed by atoms with Gasteiger partial charge in [0, 0.05) is 34.6 Å². The standard InChI is InChI=1S/C24H25N3O3/c1-24(2,3)23(29)27-18-10-6-8-17(14-18)22(28)26-19-11-7-12-21(15-19)30-16-20-9-4-5-13-25-20/h4-15H,16H2,1-3H3,(H,26,28)(H,27,29). The molecule has 2 N–H and O–H groups in total. The number of hydrogen-bond acceptors (Lipinski definition) is 4. The van der Waals surface area contributed by atoms with E-state index < -0.39 is 5.41 Å². The summed E-state index contributed by atoms with van der Waals surface area (Å²) in [5, 5.41) is 5.70. The van der Waals surface area contributed by atoms with Gasteiger partial charge < -0.3 is 15.4 Å². The van der Waals surface area contributed by atoms with E-state index in [0.29, 0.717) is 29.3 Å². The second kappa shape index (κ2) is 9.22. The Kier molecular flexibility index (Phi) is 6.47. The summed E-state index contributed by atoms with van der Waals surface area (Å²) in [5.74, 6) is 0.242. The molecule has 0 aliphatic rings. The topological polar surface area (TPSA) is 80.3 Å². The zero-order chi connectivity index (χ0) is 21.6. The van der Waals surface area contributed by atoms with Gasteiger partial charge in [-0.2, -0.15) is 0 Å². The fourth-order valence-corrected chi connectivity index (χ4v) is 2.56. The molecule has 3 aromatic rings. The van der Waals surface area contributed by atoms with Gasteiger partial charge in [0.05, 0.1) is 5.69 Å². The minimum atomic E-state index is -0.520. The number of ether oxygens (including phenoxy) is 1.